The van der Waals surface area contributed by atoms with Crippen molar-refractivity contribution in [2.24, 2.45) is 7.05 Å². The van der Waals surface area contributed by atoms with E-state index in [1.54, 1.807) is 48.1 Å². The molecule has 1 N–H and O–H groups in total. The Morgan fingerprint density at radius 3 is 2.85 bits per heavy atom. The molecule has 0 radical (unpaired) electrons. The number of carbonyl (C=O) groups excluding carboxylic acids is 2. The van der Waals surface area contributed by atoms with E-state index in [2.05, 4.69) is 25.8 Å². The third kappa shape index (κ3) is 3.86. The molecule has 1 aromatic carbocycles. The Morgan fingerprint density at radius 2 is 2.12 bits per heavy atom. The summed E-state index contributed by atoms with van der Waals surface area (Å²) in [5.74, 6) is -0.178. The molecule has 33 heavy (non-hydrogen) atoms. The molecule has 4 heterocycles. The second-order valence-corrected chi connectivity index (χ2v) is 7.65. The number of cyclic esters (lactones) is 1. The number of nitrogens with zero attached hydrogens (tertiary/aromatic N) is 7. The fourth-order valence-electron chi connectivity index (χ4n) is 3.71. The third-order valence-electron chi connectivity index (χ3n) is 5.33. The topological polar surface area (TPSA) is 120 Å². The maximum atomic E-state index is 15.1. The summed E-state index contributed by atoms with van der Waals surface area (Å²) in [5.41, 5.74) is 2.65. The highest BCUT2D eigenvalue weighted by molar-refractivity contribution is 5.90. The summed E-state index contributed by atoms with van der Waals surface area (Å²) in [5, 5.41) is 14.0. The first-order chi connectivity index (χ1) is 15.9. The van der Waals surface area contributed by atoms with E-state index in [4.69, 9.17) is 4.74 Å². The molecule has 11 nitrogen and oxygen atoms in total. The van der Waals surface area contributed by atoms with Gasteiger partial charge in [0.25, 0.3) is 0 Å². The Morgan fingerprint density at radius 1 is 1.27 bits per heavy atom. The summed E-state index contributed by atoms with van der Waals surface area (Å²) >= 11 is 0. The van der Waals surface area contributed by atoms with Gasteiger partial charge in [-0.25, -0.2) is 18.9 Å². The highest BCUT2D eigenvalue weighted by atomic mass is 19.1. The van der Waals surface area contributed by atoms with E-state index in [0.29, 0.717) is 34.0 Å². The first-order valence-corrected chi connectivity index (χ1v) is 10.1. The molecule has 1 aliphatic rings. The lowest BCUT2D eigenvalue weighted by Crippen LogP contribution is -2.33. The largest absolute Gasteiger partial charge is 0.442 e. The zero-order chi connectivity index (χ0) is 23.1. The summed E-state index contributed by atoms with van der Waals surface area (Å²) < 4.78 is 23.6. The first-order valence-electron chi connectivity index (χ1n) is 10.1. The molecule has 1 aliphatic heterocycles. The number of amides is 2. The molecule has 0 spiro atoms. The van der Waals surface area contributed by atoms with E-state index >= 15 is 4.39 Å². The van der Waals surface area contributed by atoms with Crippen molar-refractivity contribution in [1.82, 2.24) is 34.9 Å². The molecule has 4 aromatic rings. The molecule has 0 bridgehead atoms. The zero-order valence-corrected chi connectivity index (χ0v) is 17.8. The van der Waals surface area contributed by atoms with Crippen LogP contribution in [0.1, 0.15) is 6.92 Å². The number of benzene rings is 1. The number of aromatic nitrogens is 6. The van der Waals surface area contributed by atoms with Gasteiger partial charge in [0.1, 0.15) is 23.3 Å². The minimum Gasteiger partial charge on any atom is -0.442 e. The summed E-state index contributed by atoms with van der Waals surface area (Å²) in [6, 6.07) is 8.12. The van der Waals surface area contributed by atoms with E-state index < -0.39 is 18.0 Å². The van der Waals surface area contributed by atoms with Crippen molar-refractivity contribution in [3.8, 4) is 22.6 Å². The highest BCUT2D eigenvalue weighted by Crippen LogP contribution is 2.29. The Balaban J connectivity index is 1.40. The summed E-state index contributed by atoms with van der Waals surface area (Å²) in [6.07, 6.45) is 2.46. The van der Waals surface area contributed by atoms with Crippen molar-refractivity contribution in [2.75, 3.05) is 18.0 Å². The third-order valence-corrected chi connectivity index (χ3v) is 5.33. The number of hydrogen-bond acceptors (Lipinski definition) is 7. The first kappa shape index (κ1) is 20.5. The standard InChI is InChI=1S/C21H19FN8O3/c1-12(31)23-8-15-10-30(21(32)33-15)14-4-5-16(17(22)7-14)13-3-6-19-24-18(11-29(19)9-13)20-25-26-27-28(20)2/h3-7,9,11,15H,8,10H2,1-2H3,(H,23,31)/t15-/m0/s1. The van der Waals surface area contributed by atoms with Crippen LogP contribution in [0.15, 0.2) is 42.7 Å². The monoisotopic (exact) mass is 450 g/mol. The maximum absolute atomic E-state index is 15.1. The van der Waals surface area contributed by atoms with Gasteiger partial charge >= 0.3 is 6.09 Å². The van der Waals surface area contributed by atoms with Crippen LogP contribution >= 0.6 is 0 Å². The second-order valence-electron chi connectivity index (χ2n) is 7.65. The molecule has 2 amide bonds. The van der Waals surface area contributed by atoms with E-state index in [1.807, 2.05) is 0 Å². The van der Waals surface area contributed by atoms with Gasteiger partial charge < -0.3 is 14.5 Å². The zero-order valence-electron chi connectivity index (χ0n) is 17.8. The van der Waals surface area contributed by atoms with Crippen molar-refractivity contribution in [3.63, 3.8) is 0 Å². The van der Waals surface area contributed by atoms with Gasteiger partial charge in [0, 0.05) is 37.5 Å². The van der Waals surface area contributed by atoms with Crippen LogP contribution in [-0.4, -0.2) is 60.8 Å². The number of ether oxygens (including phenoxy) is 1. The van der Waals surface area contributed by atoms with Gasteiger partial charge in [-0.05, 0) is 40.8 Å². The van der Waals surface area contributed by atoms with Gasteiger partial charge in [0.2, 0.25) is 11.7 Å². The van der Waals surface area contributed by atoms with Crippen molar-refractivity contribution < 1.29 is 18.7 Å². The van der Waals surface area contributed by atoms with Crippen LogP contribution in [0.2, 0.25) is 0 Å². The highest BCUT2D eigenvalue weighted by Gasteiger charge is 2.32. The Kier molecular flexibility index (Phi) is 4.96. The molecule has 12 heteroatoms. The Labute approximate surface area is 186 Å². The summed E-state index contributed by atoms with van der Waals surface area (Å²) in [7, 11) is 1.72. The Bertz CT molecular complexity index is 1380. The number of aryl methyl sites for hydroxylation is 1. The van der Waals surface area contributed by atoms with Crippen LogP contribution in [-0.2, 0) is 16.6 Å². The van der Waals surface area contributed by atoms with Crippen molar-refractivity contribution in [3.05, 3.63) is 48.5 Å². The van der Waals surface area contributed by atoms with Crippen LogP contribution in [0.3, 0.4) is 0 Å². The maximum Gasteiger partial charge on any atom is 0.414 e. The number of carbonyl (C=O) groups is 2. The lowest BCUT2D eigenvalue weighted by atomic mass is 10.1. The van der Waals surface area contributed by atoms with E-state index in [9.17, 15) is 9.59 Å². The van der Waals surface area contributed by atoms with Crippen molar-refractivity contribution >= 4 is 23.3 Å². The Hall–Kier alpha value is -4.35. The lowest BCUT2D eigenvalue weighted by molar-refractivity contribution is -0.119. The molecule has 168 valence electrons. The minimum atomic E-state index is -0.580. The van der Waals surface area contributed by atoms with E-state index in [1.165, 1.54) is 22.6 Å². The number of fused-ring (bicyclic) bond motifs is 1. The second kappa shape index (κ2) is 7.97. The number of anilines is 1. The number of rotatable bonds is 5. The predicted molar refractivity (Wildman–Crippen MR) is 115 cm³/mol. The number of pyridine rings is 1. The van der Waals surface area contributed by atoms with Crippen LogP contribution in [0.5, 0.6) is 0 Å². The van der Waals surface area contributed by atoms with Gasteiger partial charge in [0.15, 0.2) is 0 Å². The number of imidazole rings is 1. The number of nitrogens with one attached hydrogen (secondary N) is 1. The number of tetrazole rings is 1. The van der Waals surface area contributed by atoms with Crippen LogP contribution < -0.4 is 10.2 Å². The molecule has 5 rings (SSSR count). The van der Waals surface area contributed by atoms with Crippen LogP contribution in [0.25, 0.3) is 28.3 Å². The normalized spacial score (nSPS) is 15.8. The molecule has 1 saturated heterocycles. The smallest absolute Gasteiger partial charge is 0.414 e. The fourth-order valence-corrected chi connectivity index (χ4v) is 3.71. The molecular formula is C21H19FN8O3. The van der Waals surface area contributed by atoms with Crippen LogP contribution in [0.4, 0.5) is 14.9 Å². The average Bonchev–Trinajstić information content (AvgIpc) is 3.49. The SMILES string of the molecule is CC(=O)NC[C@H]1CN(c2ccc(-c3ccc4nc(-c5nnnn5C)cn4c3)c(F)c2)C(=O)O1. The van der Waals surface area contributed by atoms with Crippen molar-refractivity contribution in [2.45, 2.75) is 13.0 Å². The minimum absolute atomic E-state index is 0.204. The van der Waals surface area contributed by atoms with E-state index in [-0.39, 0.29) is 19.0 Å². The molecule has 0 saturated carbocycles. The van der Waals surface area contributed by atoms with Gasteiger partial charge in [-0.3, -0.25) is 9.69 Å². The van der Waals surface area contributed by atoms with Gasteiger partial charge in [-0.2, -0.15) is 0 Å². The molecule has 1 fully saturated rings. The van der Waals surface area contributed by atoms with E-state index in [0.717, 1.165) is 0 Å². The summed E-state index contributed by atoms with van der Waals surface area (Å²) in [4.78, 5) is 29.1. The predicted octanol–water partition coefficient (Wildman–Crippen LogP) is 1.79. The number of hydrogen-bond donors (Lipinski definition) is 1. The van der Waals surface area contributed by atoms with Gasteiger partial charge in [0.05, 0.1) is 18.8 Å². The quantitative estimate of drug-likeness (QED) is 0.492. The van der Waals surface area contributed by atoms with Crippen molar-refractivity contribution in [1.29, 1.82) is 0 Å². The van der Waals surface area contributed by atoms with Crippen LogP contribution in [0, 0.1) is 5.82 Å². The molecule has 3 aromatic heterocycles. The number of halogens is 1. The summed E-state index contributed by atoms with van der Waals surface area (Å²) in [6.45, 7) is 1.81. The average molecular weight is 450 g/mol. The van der Waals surface area contributed by atoms with Gasteiger partial charge in [-0.1, -0.05) is 0 Å². The van der Waals surface area contributed by atoms with Gasteiger partial charge in [-0.15, -0.1) is 5.10 Å². The molecule has 1 atom stereocenters. The fraction of sp³-hybridized carbons (Fsp3) is 0.238. The lowest BCUT2D eigenvalue weighted by Gasteiger charge is -2.14. The molecule has 0 unspecified atom stereocenters. The molecule has 0 aliphatic carbocycles. The molecular weight excluding hydrogens is 431 g/mol.